The molecule has 2 aromatic rings. The number of hydrazine groups is 1. The molecule has 16 heavy (non-hydrogen) atoms. The van der Waals surface area contributed by atoms with E-state index in [2.05, 4.69) is 25.7 Å². The van der Waals surface area contributed by atoms with Crippen molar-refractivity contribution in [3.63, 3.8) is 0 Å². The number of hydrogen-bond donors (Lipinski definition) is 4. The van der Waals surface area contributed by atoms with Gasteiger partial charge in [0.1, 0.15) is 12.4 Å². The van der Waals surface area contributed by atoms with E-state index in [0.29, 0.717) is 17.0 Å². The standard InChI is InChI=1S/C7H11N7O2/c8-11-6-5-7(10-3-9-6)14(13-12-5)4(1-15)2-16/h3-4,15-16H,1-2,8H2,(H,9,10,11). The van der Waals surface area contributed by atoms with Crippen LogP contribution in [0.5, 0.6) is 0 Å². The van der Waals surface area contributed by atoms with Crippen molar-refractivity contribution in [3.8, 4) is 0 Å². The van der Waals surface area contributed by atoms with Crippen LogP contribution >= 0.6 is 0 Å². The van der Waals surface area contributed by atoms with Crippen LogP contribution in [0.4, 0.5) is 5.82 Å². The zero-order valence-corrected chi connectivity index (χ0v) is 8.28. The third-order valence-corrected chi connectivity index (χ3v) is 2.17. The third kappa shape index (κ3) is 1.56. The predicted octanol–water partition coefficient (Wildman–Crippen LogP) is -1.97. The van der Waals surface area contributed by atoms with Crippen molar-refractivity contribution in [2.45, 2.75) is 6.04 Å². The van der Waals surface area contributed by atoms with Gasteiger partial charge in [-0.2, -0.15) is 0 Å². The highest BCUT2D eigenvalue weighted by Crippen LogP contribution is 2.17. The molecule has 0 amide bonds. The number of aliphatic hydroxyl groups excluding tert-OH is 2. The SMILES string of the molecule is NNc1ncnc2c1nnn2C(CO)CO. The van der Waals surface area contributed by atoms with Crippen molar-refractivity contribution < 1.29 is 10.2 Å². The molecule has 0 saturated carbocycles. The maximum atomic E-state index is 9.05. The fraction of sp³-hybridized carbons (Fsp3) is 0.429. The molecule has 9 nitrogen and oxygen atoms in total. The second-order valence-electron chi connectivity index (χ2n) is 3.09. The maximum Gasteiger partial charge on any atom is 0.184 e. The molecule has 0 atom stereocenters. The van der Waals surface area contributed by atoms with E-state index in [-0.39, 0.29) is 13.2 Å². The van der Waals surface area contributed by atoms with Crippen molar-refractivity contribution in [1.82, 2.24) is 25.0 Å². The van der Waals surface area contributed by atoms with E-state index >= 15 is 0 Å². The molecule has 0 aliphatic heterocycles. The van der Waals surface area contributed by atoms with Gasteiger partial charge in [-0.05, 0) is 0 Å². The Hall–Kier alpha value is -1.84. The number of nitrogens with zero attached hydrogens (tertiary/aromatic N) is 5. The Labute approximate surface area is 89.9 Å². The Balaban J connectivity index is 2.56. The number of aliphatic hydroxyl groups is 2. The number of anilines is 1. The van der Waals surface area contributed by atoms with Gasteiger partial charge >= 0.3 is 0 Å². The first-order chi connectivity index (χ1) is 7.81. The predicted molar refractivity (Wildman–Crippen MR) is 54.1 cm³/mol. The van der Waals surface area contributed by atoms with Gasteiger partial charge < -0.3 is 15.6 Å². The zero-order chi connectivity index (χ0) is 11.5. The van der Waals surface area contributed by atoms with Gasteiger partial charge in [-0.15, -0.1) is 5.10 Å². The van der Waals surface area contributed by atoms with Gasteiger partial charge in [0.2, 0.25) is 0 Å². The first kappa shape index (κ1) is 10.7. The first-order valence-electron chi connectivity index (χ1n) is 4.56. The molecule has 0 aliphatic rings. The van der Waals surface area contributed by atoms with Crippen LogP contribution in [0.3, 0.4) is 0 Å². The normalized spacial score (nSPS) is 11.2. The number of rotatable bonds is 4. The summed E-state index contributed by atoms with van der Waals surface area (Å²) in [6, 6.07) is -0.578. The molecule has 0 saturated heterocycles. The Kier molecular flexibility index (Phi) is 2.90. The average Bonchev–Trinajstić information content (AvgIpc) is 2.75. The fourth-order valence-corrected chi connectivity index (χ4v) is 1.33. The molecule has 0 radical (unpaired) electrons. The Morgan fingerprint density at radius 1 is 1.38 bits per heavy atom. The van der Waals surface area contributed by atoms with E-state index < -0.39 is 6.04 Å². The number of fused-ring (bicyclic) bond motifs is 1. The van der Waals surface area contributed by atoms with Crippen molar-refractivity contribution in [2.24, 2.45) is 5.84 Å². The molecule has 0 bridgehead atoms. The summed E-state index contributed by atoms with van der Waals surface area (Å²) >= 11 is 0. The Morgan fingerprint density at radius 2 is 2.12 bits per heavy atom. The van der Waals surface area contributed by atoms with Crippen molar-refractivity contribution in [3.05, 3.63) is 6.33 Å². The second-order valence-corrected chi connectivity index (χ2v) is 3.09. The smallest absolute Gasteiger partial charge is 0.184 e. The largest absolute Gasteiger partial charge is 0.394 e. The van der Waals surface area contributed by atoms with E-state index in [1.165, 1.54) is 11.0 Å². The molecule has 0 aliphatic carbocycles. The van der Waals surface area contributed by atoms with Crippen LogP contribution in [-0.2, 0) is 0 Å². The van der Waals surface area contributed by atoms with Crippen LogP contribution < -0.4 is 11.3 Å². The minimum absolute atomic E-state index is 0.260. The first-order valence-corrected chi connectivity index (χ1v) is 4.56. The molecule has 0 aromatic carbocycles. The number of nitrogens with one attached hydrogen (secondary N) is 1. The number of hydrogen-bond acceptors (Lipinski definition) is 8. The highest BCUT2D eigenvalue weighted by Gasteiger charge is 2.17. The molecule has 2 heterocycles. The molecular formula is C7H11N7O2. The molecule has 86 valence electrons. The quantitative estimate of drug-likeness (QED) is 0.347. The summed E-state index contributed by atoms with van der Waals surface area (Å²) in [5.74, 6) is 5.59. The van der Waals surface area contributed by atoms with E-state index in [1.807, 2.05) is 0 Å². The lowest BCUT2D eigenvalue weighted by atomic mass is 10.3. The van der Waals surface area contributed by atoms with Crippen LogP contribution in [-0.4, -0.2) is 48.4 Å². The van der Waals surface area contributed by atoms with Crippen LogP contribution in [0.15, 0.2) is 6.33 Å². The number of nitrogens with two attached hydrogens (primary N) is 1. The highest BCUT2D eigenvalue weighted by atomic mass is 16.3. The van der Waals surface area contributed by atoms with Gasteiger partial charge in [-0.3, -0.25) is 0 Å². The molecule has 0 spiro atoms. The summed E-state index contributed by atoms with van der Waals surface area (Å²) in [7, 11) is 0. The summed E-state index contributed by atoms with van der Waals surface area (Å²) in [6.45, 7) is -0.519. The summed E-state index contributed by atoms with van der Waals surface area (Å²) in [4.78, 5) is 7.84. The monoisotopic (exact) mass is 225 g/mol. The van der Waals surface area contributed by atoms with E-state index in [1.54, 1.807) is 0 Å². The molecule has 2 rings (SSSR count). The lowest BCUT2D eigenvalue weighted by Crippen LogP contribution is -2.19. The average molecular weight is 225 g/mol. The number of aromatic nitrogens is 5. The van der Waals surface area contributed by atoms with Crippen LogP contribution in [0.2, 0.25) is 0 Å². The molecule has 0 unspecified atom stereocenters. The van der Waals surface area contributed by atoms with Crippen LogP contribution in [0.1, 0.15) is 6.04 Å². The van der Waals surface area contributed by atoms with Crippen molar-refractivity contribution in [1.29, 1.82) is 0 Å². The van der Waals surface area contributed by atoms with E-state index in [0.717, 1.165) is 0 Å². The van der Waals surface area contributed by atoms with Gasteiger partial charge in [-0.1, -0.05) is 5.21 Å². The Morgan fingerprint density at radius 3 is 2.75 bits per heavy atom. The van der Waals surface area contributed by atoms with Crippen LogP contribution in [0, 0.1) is 0 Å². The third-order valence-electron chi connectivity index (χ3n) is 2.17. The maximum absolute atomic E-state index is 9.05. The molecular weight excluding hydrogens is 214 g/mol. The summed E-state index contributed by atoms with van der Waals surface area (Å²) < 4.78 is 1.33. The molecule has 2 aromatic heterocycles. The Bertz CT molecular complexity index is 481. The zero-order valence-electron chi connectivity index (χ0n) is 8.28. The topological polar surface area (TPSA) is 135 Å². The van der Waals surface area contributed by atoms with Gasteiger partial charge in [0.25, 0.3) is 0 Å². The lowest BCUT2D eigenvalue weighted by Gasteiger charge is -2.10. The molecule has 5 N–H and O–H groups in total. The van der Waals surface area contributed by atoms with Gasteiger partial charge in [0, 0.05) is 0 Å². The minimum atomic E-state index is -0.578. The summed E-state index contributed by atoms with van der Waals surface area (Å²) in [5.41, 5.74) is 3.15. The van der Waals surface area contributed by atoms with Crippen LogP contribution in [0.25, 0.3) is 11.2 Å². The van der Waals surface area contributed by atoms with Gasteiger partial charge in [0.15, 0.2) is 17.0 Å². The van der Waals surface area contributed by atoms with Crippen molar-refractivity contribution in [2.75, 3.05) is 18.6 Å². The highest BCUT2D eigenvalue weighted by molar-refractivity contribution is 5.81. The minimum Gasteiger partial charge on any atom is -0.394 e. The van der Waals surface area contributed by atoms with E-state index in [4.69, 9.17) is 16.1 Å². The molecule has 9 heteroatoms. The molecule has 0 fully saturated rings. The number of nitrogen functional groups attached to an aromatic ring is 1. The van der Waals surface area contributed by atoms with Crippen molar-refractivity contribution >= 4 is 17.0 Å². The second kappa shape index (κ2) is 4.35. The fourth-order valence-electron chi connectivity index (χ4n) is 1.33. The lowest BCUT2D eigenvalue weighted by molar-refractivity contribution is 0.147. The van der Waals surface area contributed by atoms with Gasteiger partial charge in [-0.25, -0.2) is 20.5 Å². The van der Waals surface area contributed by atoms with Gasteiger partial charge in [0.05, 0.1) is 13.2 Å². The summed E-state index contributed by atoms with van der Waals surface area (Å²) in [6.07, 6.45) is 1.29. The summed E-state index contributed by atoms with van der Waals surface area (Å²) in [5, 5.41) is 25.7. The van der Waals surface area contributed by atoms with E-state index in [9.17, 15) is 0 Å².